The zero-order chi connectivity index (χ0) is 8.39. The number of halogens is 1. The molecule has 13 heavy (non-hydrogen) atoms. The Balaban J connectivity index is 0.000000845. The summed E-state index contributed by atoms with van der Waals surface area (Å²) < 4.78 is 0. The Morgan fingerprint density at radius 3 is 2.92 bits per heavy atom. The topological polar surface area (TPSA) is 27.6 Å². The number of hydrogen-bond donors (Lipinski definition) is 1. The molecule has 0 bridgehead atoms. The molecule has 1 aromatic carbocycles. The molecule has 0 spiro atoms. The van der Waals surface area contributed by atoms with Gasteiger partial charge in [-0.25, -0.2) is 0 Å². The number of aryl methyl sites for hydroxylation is 1. The van der Waals surface area contributed by atoms with Gasteiger partial charge < -0.3 is 18.1 Å². The summed E-state index contributed by atoms with van der Waals surface area (Å²) in [5.41, 5.74) is 7.04. The predicted octanol–water partition coefficient (Wildman–Crippen LogP) is -1.74. The van der Waals surface area contributed by atoms with E-state index in [4.69, 9.17) is 0 Å². The molecule has 0 saturated heterocycles. The molecule has 0 amide bonds. The van der Waals surface area contributed by atoms with Gasteiger partial charge in [-0.3, -0.25) is 0 Å². The predicted molar refractivity (Wildman–Crippen MR) is 53.1 cm³/mol. The zero-order valence-corrected chi connectivity index (χ0v) is 9.07. The standard InChI is InChI=1S/C10H13NS.ClH/c11-7-10-9-4-2-1-3-8(9)5-6-12-10;/h1-4,10H,5-7,11H2;1H. The minimum absolute atomic E-state index is 0. The molecule has 1 aliphatic heterocycles. The molecule has 1 heterocycles. The van der Waals surface area contributed by atoms with Crippen LogP contribution in [-0.4, -0.2) is 12.3 Å². The average molecular weight is 216 g/mol. The number of fused-ring (bicyclic) bond motifs is 1. The van der Waals surface area contributed by atoms with Crippen molar-refractivity contribution in [1.29, 1.82) is 0 Å². The highest BCUT2D eigenvalue weighted by Crippen LogP contribution is 2.34. The maximum absolute atomic E-state index is 3.99. The van der Waals surface area contributed by atoms with Crippen LogP contribution in [0.5, 0.6) is 0 Å². The Labute approximate surface area is 89.5 Å². The molecular formula is C10H14ClNS. The minimum Gasteiger partial charge on any atom is -1.00 e. The van der Waals surface area contributed by atoms with E-state index in [1.54, 1.807) is 0 Å². The van der Waals surface area contributed by atoms with E-state index in [1.165, 1.54) is 23.3 Å². The van der Waals surface area contributed by atoms with Gasteiger partial charge >= 0.3 is 0 Å². The summed E-state index contributed by atoms with van der Waals surface area (Å²) in [6.07, 6.45) is 1.23. The van der Waals surface area contributed by atoms with E-state index in [1.807, 2.05) is 11.8 Å². The smallest absolute Gasteiger partial charge is 0.0902 e. The summed E-state index contributed by atoms with van der Waals surface area (Å²) in [5, 5.41) is 0.648. The lowest BCUT2D eigenvalue weighted by Crippen LogP contribution is -3.00. The van der Waals surface area contributed by atoms with Crippen molar-refractivity contribution in [2.24, 2.45) is 0 Å². The summed E-state index contributed by atoms with van der Waals surface area (Å²) >= 11 is 2.04. The van der Waals surface area contributed by atoms with Crippen molar-refractivity contribution in [1.82, 2.24) is 0 Å². The van der Waals surface area contributed by atoms with Crippen LogP contribution in [0.15, 0.2) is 24.3 Å². The summed E-state index contributed by atoms with van der Waals surface area (Å²) in [7, 11) is 0. The van der Waals surface area contributed by atoms with Gasteiger partial charge in [-0.1, -0.05) is 24.3 Å². The van der Waals surface area contributed by atoms with Crippen LogP contribution >= 0.6 is 11.8 Å². The Morgan fingerprint density at radius 1 is 1.38 bits per heavy atom. The highest BCUT2D eigenvalue weighted by Gasteiger charge is 2.19. The summed E-state index contributed by atoms with van der Waals surface area (Å²) in [6.45, 7) is 1.02. The van der Waals surface area contributed by atoms with E-state index in [0.29, 0.717) is 5.25 Å². The van der Waals surface area contributed by atoms with Crippen molar-refractivity contribution < 1.29 is 18.1 Å². The largest absolute Gasteiger partial charge is 1.00 e. The van der Waals surface area contributed by atoms with Crippen LogP contribution in [0.4, 0.5) is 0 Å². The van der Waals surface area contributed by atoms with Crippen molar-refractivity contribution in [3.63, 3.8) is 0 Å². The average Bonchev–Trinajstić information content (AvgIpc) is 2.17. The van der Waals surface area contributed by atoms with E-state index >= 15 is 0 Å². The molecule has 0 aliphatic carbocycles. The second kappa shape index (κ2) is 4.89. The normalized spacial score (nSPS) is 20.2. The summed E-state index contributed by atoms with van der Waals surface area (Å²) in [4.78, 5) is 0. The van der Waals surface area contributed by atoms with Crippen LogP contribution in [0, 0.1) is 0 Å². The second-order valence-electron chi connectivity index (χ2n) is 3.10. The number of quaternary nitrogens is 1. The first-order chi connectivity index (χ1) is 5.92. The first-order valence-electron chi connectivity index (χ1n) is 4.40. The maximum atomic E-state index is 3.99. The van der Waals surface area contributed by atoms with Crippen LogP contribution in [0.2, 0.25) is 0 Å². The maximum Gasteiger partial charge on any atom is 0.0902 e. The second-order valence-corrected chi connectivity index (χ2v) is 4.41. The van der Waals surface area contributed by atoms with E-state index in [0.717, 1.165) is 6.54 Å². The lowest BCUT2D eigenvalue weighted by Gasteiger charge is -2.22. The van der Waals surface area contributed by atoms with Crippen LogP contribution < -0.4 is 18.1 Å². The number of benzene rings is 1. The summed E-state index contributed by atoms with van der Waals surface area (Å²) in [5.74, 6) is 1.26. The SMILES string of the molecule is [Cl-].[NH3+]CC1SCCc2ccccc21. The molecule has 0 radical (unpaired) electrons. The van der Waals surface area contributed by atoms with E-state index in [9.17, 15) is 0 Å². The van der Waals surface area contributed by atoms with Crippen LogP contribution in [-0.2, 0) is 6.42 Å². The fourth-order valence-corrected chi connectivity index (χ4v) is 2.91. The molecule has 3 heteroatoms. The Kier molecular flexibility index (Phi) is 4.10. The van der Waals surface area contributed by atoms with Gasteiger partial charge in [0, 0.05) is 0 Å². The molecule has 1 aromatic rings. The highest BCUT2D eigenvalue weighted by molar-refractivity contribution is 7.99. The van der Waals surface area contributed by atoms with Crippen LogP contribution in [0.1, 0.15) is 16.4 Å². The van der Waals surface area contributed by atoms with Gasteiger partial charge in [0.2, 0.25) is 0 Å². The van der Waals surface area contributed by atoms with Gasteiger partial charge in [0.25, 0.3) is 0 Å². The lowest BCUT2D eigenvalue weighted by atomic mass is 10.0. The van der Waals surface area contributed by atoms with Gasteiger partial charge in [-0.05, 0) is 23.3 Å². The van der Waals surface area contributed by atoms with Crippen molar-refractivity contribution in [2.45, 2.75) is 11.7 Å². The third kappa shape index (κ3) is 2.19. The first-order valence-corrected chi connectivity index (χ1v) is 5.45. The fourth-order valence-electron chi connectivity index (χ4n) is 1.72. The molecule has 0 aromatic heterocycles. The number of thioether (sulfide) groups is 1. The quantitative estimate of drug-likeness (QED) is 0.592. The van der Waals surface area contributed by atoms with Gasteiger partial charge in [0.15, 0.2) is 0 Å². The fraction of sp³-hybridized carbons (Fsp3) is 0.400. The molecule has 0 saturated carbocycles. The lowest BCUT2D eigenvalue weighted by molar-refractivity contribution is -0.367. The Morgan fingerprint density at radius 2 is 2.15 bits per heavy atom. The molecule has 1 atom stereocenters. The van der Waals surface area contributed by atoms with E-state index in [2.05, 4.69) is 30.0 Å². The van der Waals surface area contributed by atoms with Gasteiger partial charge in [0.1, 0.15) is 0 Å². The van der Waals surface area contributed by atoms with Gasteiger partial charge in [0.05, 0.1) is 11.8 Å². The highest BCUT2D eigenvalue weighted by atomic mass is 35.5. The molecule has 72 valence electrons. The third-order valence-electron chi connectivity index (χ3n) is 2.35. The molecule has 0 fully saturated rings. The van der Waals surface area contributed by atoms with Crippen LogP contribution in [0.3, 0.4) is 0 Å². The monoisotopic (exact) mass is 215 g/mol. The Bertz CT molecular complexity index is 277. The van der Waals surface area contributed by atoms with Crippen LogP contribution in [0.25, 0.3) is 0 Å². The molecule has 2 rings (SSSR count). The van der Waals surface area contributed by atoms with Gasteiger partial charge in [-0.15, -0.1) is 11.8 Å². The molecule has 1 nitrogen and oxygen atoms in total. The molecular weight excluding hydrogens is 202 g/mol. The zero-order valence-electron chi connectivity index (χ0n) is 7.50. The van der Waals surface area contributed by atoms with Crippen molar-refractivity contribution >= 4 is 11.8 Å². The first kappa shape index (κ1) is 10.9. The minimum atomic E-state index is 0. The van der Waals surface area contributed by atoms with Crippen molar-refractivity contribution in [2.75, 3.05) is 12.3 Å². The molecule has 3 N–H and O–H groups in total. The third-order valence-corrected chi connectivity index (χ3v) is 3.69. The van der Waals surface area contributed by atoms with Crippen molar-refractivity contribution in [3.8, 4) is 0 Å². The number of rotatable bonds is 1. The molecule has 1 aliphatic rings. The van der Waals surface area contributed by atoms with Gasteiger partial charge in [-0.2, -0.15) is 0 Å². The van der Waals surface area contributed by atoms with Crippen molar-refractivity contribution in [3.05, 3.63) is 35.4 Å². The molecule has 1 unspecified atom stereocenters. The Hall–Kier alpha value is -0.180. The summed E-state index contributed by atoms with van der Waals surface area (Å²) in [6, 6.07) is 8.76. The van der Waals surface area contributed by atoms with E-state index in [-0.39, 0.29) is 12.4 Å². The van der Waals surface area contributed by atoms with E-state index < -0.39 is 0 Å². The number of hydrogen-bond acceptors (Lipinski definition) is 1.